The molecule has 0 aromatic heterocycles. The normalized spacial score (nSPS) is 29.1. The molecule has 5 nitrogen and oxygen atoms in total. The van der Waals surface area contributed by atoms with E-state index in [0.29, 0.717) is 19.4 Å². The van der Waals surface area contributed by atoms with E-state index in [0.717, 1.165) is 25.0 Å². The zero-order chi connectivity index (χ0) is 13.9. The van der Waals surface area contributed by atoms with Crippen molar-refractivity contribution in [2.45, 2.75) is 55.7 Å². The van der Waals surface area contributed by atoms with E-state index < -0.39 is 11.5 Å². The second-order valence-electron chi connectivity index (χ2n) is 5.80. The van der Waals surface area contributed by atoms with Gasteiger partial charge in [0.15, 0.2) is 0 Å². The van der Waals surface area contributed by atoms with Crippen molar-refractivity contribution < 1.29 is 14.7 Å². The first kappa shape index (κ1) is 14.5. The average Bonchev–Trinajstić information content (AvgIpc) is 2.98. The van der Waals surface area contributed by atoms with E-state index in [9.17, 15) is 14.7 Å². The number of hydrogen-bond donors (Lipinski definition) is 3. The highest BCUT2D eigenvalue weighted by Crippen LogP contribution is 2.37. The van der Waals surface area contributed by atoms with Gasteiger partial charge in [-0.15, -0.1) is 0 Å². The molecule has 3 N–H and O–H groups in total. The van der Waals surface area contributed by atoms with Gasteiger partial charge in [0.25, 0.3) is 0 Å². The van der Waals surface area contributed by atoms with E-state index in [1.165, 1.54) is 6.42 Å². The summed E-state index contributed by atoms with van der Waals surface area (Å²) in [5.74, 6) is 0.223. The first-order valence-corrected chi connectivity index (χ1v) is 7.88. The number of amides is 2. The van der Waals surface area contributed by atoms with Gasteiger partial charge in [0, 0.05) is 11.3 Å². The molecule has 6 heteroatoms. The summed E-state index contributed by atoms with van der Waals surface area (Å²) >= 11 is 1.88. The Hall–Kier alpha value is -0.910. The molecule has 2 amide bonds. The Balaban J connectivity index is 1.85. The zero-order valence-electron chi connectivity index (χ0n) is 11.3. The maximum Gasteiger partial charge on any atom is 0.329 e. The van der Waals surface area contributed by atoms with Gasteiger partial charge in [0.2, 0.25) is 0 Å². The van der Waals surface area contributed by atoms with Crippen LogP contribution >= 0.6 is 11.8 Å². The molecule has 1 atom stereocenters. The fraction of sp³-hybridized carbons (Fsp3) is 0.846. The third kappa shape index (κ3) is 3.35. The van der Waals surface area contributed by atoms with E-state index in [-0.39, 0.29) is 10.8 Å². The molecule has 1 unspecified atom stereocenters. The van der Waals surface area contributed by atoms with Crippen LogP contribution in [0.3, 0.4) is 0 Å². The highest BCUT2D eigenvalue weighted by atomic mass is 32.2. The summed E-state index contributed by atoms with van der Waals surface area (Å²) in [6.45, 7) is 2.74. The molecule has 1 saturated carbocycles. The molecule has 1 aliphatic carbocycles. The Morgan fingerprint density at radius 3 is 2.42 bits per heavy atom. The van der Waals surface area contributed by atoms with Crippen LogP contribution in [0, 0.1) is 0 Å². The van der Waals surface area contributed by atoms with E-state index in [1.54, 1.807) is 0 Å². The van der Waals surface area contributed by atoms with Gasteiger partial charge in [-0.1, -0.05) is 12.8 Å². The van der Waals surface area contributed by atoms with Crippen LogP contribution in [0.4, 0.5) is 4.79 Å². The minimum atomic E-state index is -1.05. The highest BCUT2D eigenvalue weighted by Gasteiger charge is 2.42. The van der Waals surface area contributed by atoms with Gasteiger partial charge in [-0.2, -0.15) is 11.8 Å². The van der Waals surface area contributed by atoms with Gasteiger partial charge in [-0.05, 0) is 38.4 Å². The standard InChI is InChI=1S/C13H22N2O3S/c1-12(5-4-8-19-12)9-14-11(18)15-13(10(16)17)6-2-3-7-13/h2-9H2,1H3,(H,16,17)(H2,14,15,18). The summed E-state index contributed by atoms with van der Waals surface area (Å²) in [4.78, 5) is 23.2. The fourth-order valence-corrected chi connectivity index (χ4v) is 4.12. The molecule has 1 saturated heterocycles. The average molecular weight is 286 g/mol. The quantitative estimate of drug-likeness (QED) is 0.738. The number of aliphatic carboxylic acids is 1. The molecule has 1 heterocycles. The Morgan fingerprint density at radius 1 is 1.21 bits per heavy atom. The zero-order valence-corrected chi connectivity index (χ0v) is 12.1. The summed E-state index contributed by atoms with van der Waals surface area (Å²) in [6, 6.07) is -0.349. The van der Waals surface area contributed by atoms with Crippen molar-refractivity contribution in [2.24, 2.45) is 0 Å². The van der Waals surface area contributed by atoms with E-state index >= 15 is 0 Å². The molecular weight excluding hydrogens is 264 g/mol. The molecule has 0 bridgehead atoms. The van der Waals surface area contributed by atoms with Gasteiger partial charge in [-0.25, -0.2) is 9.59 Å². The molecule has 2 aliphatic rings. The third-order valence-corrected chi connectivity index (χ3v) is 5.68. The maximum atomic E-state index is 11.9. The Kier molecular flexibility index (Phi) is 4.28. The highest BCUT2D eigenvalue weighted by molar-refractivity contribution is 8.00. The Bertz CT molecular complexity index is 361. The number of carboxylic acids is 1. The van der Waals surface area contributed by atoms with Crippen molar-refractivity contribution in [1.29, 1.82) is 0 Å². The van der Waals surface area contributed by atoms with Crippen molar-refractivity contribution in [3.63, 3.8) is 0 Å². The molecule has 19 heavy (non-hydrogen) atoms. The molecule has 2 rings (SSSR count). The largest absolute Gasteiger partial charge is 0.480 e. The smallest absolute Gasteiger partial charge is 0.329 e. The molecular formula is C13H22N2O3S. The van der Waals surface area contributed by atoms with Crippen molar-refractivity contribution in [3.8, 4) is 0 Å². The summed E-state index contributed by atoms with van der Waals surface area (Å²) in [5, 5.41) is 14.8. The number of carbonyl (C=O) groups is 2. The summed E-state index contributed by atoms with van der Waals surface area (Å²) in [5.41, 5.74) is -1.05. The van der Waals surface area contributed by atoms with Crippen molar-refractivity contribution in [3.05, 3.63) is 0 Å². The van der Waals surface area contributed by atoms with E-state index in [4.69, 9.17) is 0 Å². The predicted molar refractivity (Wildman–Crippen MR) is 75.5 cm³/mol. The van der Waals surface area contributed by atoms with Crippen LogP contribution in [0.2, 0.25) is 0 Å². The molecule has 1 aliphatic heterocycles. The van der Waals surface area contributed by atoms with Gasteiger partial charge in [-0.3, -0.25) is 0 Å². The van der Waals surface area contributed by atoms with Crippen molar-refractivity contribution in [2.75, 3.05) is 12.3 Å². The molecule has 0 aromatic carbocycles. The number of carboxylic acid groups (broad SMARTS) is 1. The van der Waals surface area contributed by atoms with Gasteiger partial charge in [0.1, 0.15) is 5.54 Å². The number of carbonyl (C=O) groups excluding carboxylic acids is 1. The van der Waals surface area contributed by atoms with E-state index in [1.807, 2.05) is 11.8 Å². The molecule has 0 radical (unpaired) electrons. The molecule has 0 aromatic rings. The number of thioether (sulfide) groups is 1. The molecule has 108 valence electrons. The third-order valence-electron chi connectivity index (χ3n) is 4.14. The minimum absolute atomic E-state index is 0.101. The van der Waals surface area contributed by atoms with E-state index in [2.05, 4.69) is 17.6 Å². The topological polar surface area (TPSA) is 78.4 Å². The van der Waals surface area contributed by atoms with Crippen LogP contribution in [0.25, 0.3) is 0 Å². The first-order chi connectivity index (χ1) is 8.96. The second kappa shape index (κ2) is 5.61. The minimum Gasteiger partial charge on any atom is -0.480 e. The number of hydrogen-bond acceptors (Lipinski definition) is 3. The summed E-state index contributed by atoms with van der Waals surface area (Å²) in [7, 11) is 0. The summed E-state index contributed by atoms with van der Waals surface area (Å²) in [6.07, 6.45) is 5.06. The predicted octanol–water partition coefficient (Wildman–Crippen LogP) is 1.97. The van der Waals surface area contributed by atoms with Crippen LogP contribution in [-0.2, 0) is 4.79 Å². The van der Waals surface area contributed by atoms with Crippen molar-refractivity contribution >= 4 is 23.8 Å². The first-order valence-electron chi connectivity index (χ1n) is 6.89. The Labute approximate surface area is 117 Å². The van der Waals surface area contributed by atoms with Crippen LogP contribution in [0.15, 0.2) is 0 Å². The van der Waals surface area contributed by atoms with Crippen LogP contribution < -0.4 is 10.6 Å². The number of urea groups is 1. The number of nitrogens with one attached hydrogen (secondary N) is 2. The fourth-order valence-electron chi connectivity index (χ4n) is 2.88. The van der Waals surface area contributed by atoms with Gasteiger partial charge in [0.05, 0.1) is 0 Å². The summed E-state index contributed by atoms with van der Waals surface area (Å²) < 4.78 is 0.101. The van der Waals surface area contributed by atoms with Crippen LogP contribution in [-0.4, -0.2) is 39.7 Å². The maximum absolute atomic E-state index is 11.9. The monoisotopic (exact) mass is 286 g/mol. The molecule has 2 fully saturated rings. The van der Waals surface area contributed by atoms with Crippen molar-refractivity contribution in [1.82, 2.24) is 10.6 Å². The lowest BCUT2D eigenvalue weighted by Gasteiger charge is -2.28. The molecule has 0 spiro atoms. The Morgan fingerprint density at radius 2 is 1.89 bits per heavy atom. The second-order valence-corrected chi connectivity index (χ2v) is 7.49. The van der Waals surface area contributed by atoms with Gasteiger partial charge < -0.3 is 15.7 Å². The number of rotatable bonds is 4. The lowest BCUT2D eigenvalue weighted by atomic mass is 9.98. The lowest BCUT2D eigenvalue weighted by Crippen LogP contribution is -2.56. The lowest BCUT2D eigenvalue weighted by molar-refractivity contribution is -0.144. The SMILES string of the molecule is CC1(CNC(=O)NC2(C(=O)O)CCCC2)CCCS1. The van der Waals surface area contributed by atoms with Gasteiger partial charge >= 0.3 is 12.0 Å². The van der Waals surface area contributed by atoms with Crippen LogP contribution in [0.5, 0.6) is 0 Å². The van der Waals surface area contributed by atoms with Crippen LogP contribution in [0.1, 0.15) is 45.4 Å².